The van der Waals surface area contributed by atoms with Gasteiger partial charge in [0.15, 0.2) is 5.58 Å². The number of aromatic nitrogens is 1. The predicted octanol–water partition coefficient (Wildman–Crippen LogP) is 4.30. The average Bonchev–Trinajstić information content (AvgIpc) is 3.21. The molecule has 1 aromatic heterocycles. The van der Waals surface area contributed by atoms with Crippen LogP contribution in [-0.2, 0) is 0 Å². The molecule has 4 aromatic rings. The molecule has 0 radical (unpaired) electrons. The molecule has 1 saturated heterocycles. The van der Waals surface area contributed by atoms with Crippen molar-refractivity contribution < 1.29 is 14.3 Å². The Morgan fingerprint density at radius 3 is 2.65 bits per heavy atom. The lowest BCUT2D eigenvalue weighted by Crippen LogP contribution is -2.43. The maximum absolute atomic E-state index is 10.5. The van der Waals surface area contributed by atoms with Gasteiger partial charge in [-0.25, -0.2) is 0 Å². The first-order valence-corrected chi connectivity index (χ1v) is 10.9. The summed E-state index contributed by atoms with van der Waals surface area (Å²) in [5, 5.41) is 16.2. The Balaban J connectivity index is 1.07. The van der Waals surface area contributed by atoms with Crippen LogP contribution in [0.3, 0.4) is 0 Å². The third kappa shape index (κ3) is 4.81. The quantitative estimate of drug-likeness (QED) is 0.467. The molecule has 31 heavy (non-hydrogen) atoms. The van der Waals surface area contributed by atoms with Crippen molar-refractivity contribution in [1.29, 1.82) is 0 Å². The molecular formula is C25H27N3O3. The number of oxazole rings is 1. The maximum atomic E-state index is 10.5. The Hall–Kier alpha value is -3.09. The molecule has 2 heterocycles. The van der Waals surface area contributed by atoms with Gasteiger partial charge in [0, 0.05) is 25.7 Å². The summed E-state index contributed by atoms with van der Waals surface area (Å²) in [7, 11) is 0. The van der Waals surface area contributed by atoms with E-state index in [1.165, 1.54) is 5.39 Å². The fourth-order valence-electron chi connectivity index (χ4n) is 4.17. The molecule has 6 heteroatoms. The van der Waals surface area contributed by atoms with Gasteiger partial charge in [-0.1, -0.05) is 42.5 Å². The van der Waals surface area contributed by atoms with Crippen molar-refractivity contribution in [3.63, 3.8) is 0 Å². The number of ether oxygens (including phenoxy) is 1. The molecule has 1 aliphatic heterocycles. The molecule has 1 aliphatic rings. The molecule has 160 valence electrons. The topological polar surface area (TPSA) is 70.8 Å². The van der Waals surface area contributed by atoms with Crippen LogP contribution in [0.1, 0.15) is 12.8 Å². The van der Waals surface area contributed by atoms with Gasteiger partial charge >= 0.3 is 0 Å². The molecule has 6 nitrogen and oxygen atoms in total. The predicted molar refractivity (Wildman–Crippen MR) is 123 cm³/mol. The highest BCUT2D eigenvalue weighted by Gasteiger charge is 2.22. The lowest BCUT2D eigenvalue weighted by Gasteiger charge is -2.33. The average molecular weight is 418 g/mol. The number of hydrogen-bond acceptors (Lipinski definition) is 6. The number of piperidine rings is 1. The van der Waals surface area contributed by atoms with E-state index in [1.807, 2.05) is 54.6 Å². The molecule has 2 N–H and O–H groups in total. The third-order valence-corrected chi connectivity index (χ3v) is 5.84. The summed E-state index contributed by atoms with van der Waals surface area (Å²) in [4.78, 5) is 6.79. The van der Waals surface area contributed by atoms with Gasteiger partial charge in [0.05, 0.1) is 0 Å². The van der Waals surface area contributed by atoms with E-state index >= 15 is 0 Å². The first kappa shape index (κ1) is 19.8. The number of nitrogens with one attached hydrogen (secondary N) is 1. The van der Waals surface area contributed by atoms with E-state index in [0.717, 1.165) is 48.2 Å². The van der Waals surface area contributed by atoms with Gasteiger partial charge in [-0.2, -0.15) is 4.98 Å². The van der Waals surface area contributed by atoms with E-state index in [1.54, 1.807) is 0 Å². The summed E-state index contributed by atoms with van der Waals surface area (Å²) in [5.41, 5.74) is 1.67. The zero-order valence-corrected chi connectivity index (χ0v) is 17.4. The van der Waals surface area contributed by atoms with Crippen molar-refractivity contribution in [2.24, 2.45) is 0 Å². The molecule has 0 amide bonds. The van der Waals surface area contributed by atoms with Crippen molar-refractivity contribution in [1.82, 2.24) is 9.88 Å². The third-order valence-electron chi connectivity index (χ3n) is 5.84. The highest BCUT2D eigenvalue weighted by atomic mass is 16.5. The van der Waals surface area contributed by atoms with Crippen molar-refractivity contribution in [3.8, 4) is 5.75 Å². The summed E-state index contributed by atoms with van der Waals surface area (Å²) in [5.74, 6) is 0.791. The monoisotopic (exact) mass is 417 g/mol. The standard InChI is InChI=1S/C25H27N3O3/c29-21(17-30-22-10-9-18-5-1-2-6-19(18)15-22)16-28-13-11-20(12-14-28)26-25-27-23-7-3-4-8-24(23)31-25/h1-10,15,20-21,29H,11-14,16-17H2,(H,26,27). The minimum atomic E-state index is -0.520. The van der Waals surface area contributed by atoms with Crippen LogP contribution in [0.4, 0.5) is 6.01 Å². The van der Waals surface area contributed by atoms with Crippen LogP contribution in [0, 0.1) is 0 Å². The number of aliphatic hydroxyl groups excluding tert-OH is 1. The highest BCUT2D eigenvalue weighted by molar-refractivity contribution is 5.83. The van der Waals surface area contributed by atoms with Crippen LogP contribution in [0.5, 0.6) is 5.75 Å². The van der Waals surface area contributed by atoms with Crippen LogP contribution >= 0.6 is 0 Å². The van der Waals surface area contributed by atoms with E-state index in [4.69, 9.17) is 9.15 Å². The molecule has 1 unspecified atom stereocenters. The number of rotatable bonds is 7. The number of anilines is 1. The fourth-order valence-corrected chi connectivity index (χ4v) is 4.17. The summed E-state index contributed by atoms with van der Waals surface area (Å²) < 4.78 is 11.6. The zero-order chi connectivity index (χ0) is 21.0. The number of fused-ring (bicyclic) bond motifs is 2. The van der Waals surface area contributed by atoms with E-state index in [0.29, 0.717) is 25.2 Å². The number of hydrogen-bond donors (Lipinski definition) is 2. The summed E-state index contributed by atoms with van der Waals surface area (Å²) in [6.45, 7) is 2.75. The van der Waals surface area contributed by atoms with Gasteiger partial charge < -0.3 is 24.5 Å². The molecular weight excluding hydrogens is 390 g/mol. The Kier molecular flexibility index (Phi) is 5.74. The molecule has 0 aliphatic carbocycles. The molecule has 5 rings (SSSR count). The van der Waals surface area contributed by atoms with Gasteiger partial charge in [-0.15, -0.1) is 0 Å². The lowest BCUT2D eigenvalue weighted by molar-refractivity contribution is 0.0604. The second kappa shape index (κ2) is 8.96. The van der Waals surface area contributed by atoms with Gasteiger partial charge in [0.25, 0.3) is 6.01 Å². The maximum Gasteiger partial charge on any atom is 0.295 e. The van der Waals surface area contributed by atoms with Gasteiger partial charge in [-0.05, 0) is 47.9 Å². The number of benzene rings is 3. The Morgan fingerprint density at radius 2 is 1.81 bits per heavy atom. The lowest BCUT2D eigenvalue weighted by atomic mass is 10.0. The van der Waals surface area contributed by atoms with Crippen molar-refractivity contribution in [2.75, 3.05) is 31.6 Å². The second-order valence-electron chi connectivity index (χ2n) is 8.18. The largest absolute Gasteiger partial charge is 0.491 e. The van der Waals surface area contributed by atoms with E-state index in [9.17, 15) is 5.11 Å². The number of β-amino-alcohol motifs (C(OH)–C–C–N with tert-alkyl or cyclic N) is 1. The van der Waals surface area contributed by atoms with Crippen LogP contribution in [0.2, 0.25) is 0 Å². The minimum Gasteiger partial charge on any atom is -0.491 e. The minimum absolute atomic E-state index is 0.291. The molecule has 0 bridgehead atoms. The van der Waals surface area contributed by atoms with Gasteiger partial charge in [0.2, 0.25) is 0 Å². The first-order chi connectivity index (χ1) is 15.2. The summed E-state index contributed by atoms with van der Waals surface area (Å²) in [6, 6.07) is 22.9. The van der Waals surface area contributed by atoms with Crippen LogP contribution in [-0.4, -0.2) is 53.4 Å². The van der Waals surface area contributed by atoms with Crippen molar-refractivity contribution in [2.45, 2.75) is 25.0 Å². The van der Waals surface area contributed by atoms with Gasteiger partial charge in [0.1, 0.15) is 24.0 Å². The summed E-state index contributed by atoms with van der Waals surface area (Å²) in [6.07, 6.45) is 1.45. The summed E-state index contributed by atoms with van der Waals surface area (Å²) >= 11 is 0. The number of aliphatic hydroxyl groups is 1. The van der Waals surface area contributed by atoms with Crippen LogP contribution in [0.25, 0.3) is 21.9 Å². The molecule has 1 atom stereocenters. The van der Waals surface area contributed by atoms with E-state index < -0.39 is 6.10 Å². The van der Waals surface area contributed by atoms with E-state index in [2.05, 4.69) is 27.3 Å². The van der Waals surface area contributed by atoms with Crippen LogP contribution in [0.15, 0.2) is 71.1 Å². The fraction of sp³-hybridized carbons (Fsp3) is 0.320. The molecule has 0 saturated carbocycles. The molecule has 1 fully saturated rings. The Morgan fingerprint density at radius 1 is 1.03 bits per heavy atom. The number of para-hydroxylation sites is 2. The Labute approximate surface area is 181 Å². The normalized spacial score (nSPS) is 16.5. The van der Waals surface area contributed by atoms with E-state index in [-0.39, 0.29) is 0 Å². The SMILES string of the molecule is OC(COc1ccc2ccccc2c1)CN1CCC(Nc2nc3ccccc3o2)CC1. The molecule has 0 spiro atoms. The highest BCUT2D eigenvalue weighted by Crippen LogP contribution is 2.22. The first-order valence-electron chi connectivity index (χ1n) is 10.9. The van der Waals surface area contributed by atoms with Crippen LogP contribution < -0.4 is 10.1 Å². The van der Waals surface area contributed by atoms with Crippen molar-refractivity contribution >= 4 is 27.9 Å². The smallest absolute Gasteiger partial charge is 0.295 e. The zero-order valence-electron chi connectivity index (χ0n) is 17.4. The second-order valence-corrected chi connectivity index (χ2v) is 8.18. The molecule has 3 aromatic carbocycles. The van der Waals surface area contributed by atoms with Gasteiger partial charge in [-0.3, -0.25) is 0 Å². The number of nitrogens with zero attached hydrogens (tertiary/aromatic N) is 2. The van der Waals surface area contributed by atoms with Crippen molar-refractivity contribution in [3.05, 3.63) is 66.7 Å². The number of likely N-dealkylation sites (tertiary alicyclic amines) is 1. The Bertz CT molecular complexity index is 1120.